The van der Waals surface area contributed by atoms with Crippen LogP contribution in [-0.4, -0.2) is 20.6 Å². The normalized spacial score (nSPS) is 10.7. The molecule has 1 aromatic heterocycles. The van der Waals surface area contributed by atoms with Crippen molar-refractivity contribution in [3.63, 3.8) is 0 Å². The molecule has 1 amide bonds. The SMILES string of the molecule is O=C(Cn1nc(-c2ccc3ccccc3c2)ccc1=O)Nc1ccccc1[N+](=O)[O-]. The second-order valence-electron chi connectivity index (χ2n) is 6.60. The molecule has 3 aromatic carbocycles. The number of nitro groups is 1. The van der Waals surface area contributed by atoms with Gasteiger partial charge in [0.25, 0.3) is 11.2 Å². The maximum atomic E-state index is 12.4. The standard InChI is InChI=1S/C22H16N4O4/c27-21(23-19-7-3-4-8-20(19)26(29)30)14-25-22(28)12-11-18(24-25)17-10-9-15-5-1-2-6-16(15)13-17/h1-13H,14H2,(H,23,27). The fourth-order valence-corrected chi connectivity index (χ4v) is 3.13. The van der Waals surface area contributed by atoms with Gasteiger partial charge in [0.05, 0.1) is 10.6 Å². The molecule has 1 N–H and O–H groups in total. The summed E-state index contributed by atoms with van der Waals surface area (Å²) in [4.78, 5) is 35.1. The van der Waals surface area contributed by atoms with E-state index >= 15 is 0 Å². The van der Waals surface area contributed by atoms with Gasteiger partial charge < -0.3 is 5.32 Å². The molecule has 0 saturated carbocycles. The summed E-state index contributed by atoms with van der Waals surface area (Å²) in [6.45, 7) is -0.369. The highest BCUT2D eigenvalue weighted by Crippen LogP contribution is 2.24. The van der Waals surface area contributed by atoms with Crippen molar-refractivity contribution in [2.75, 3.05) is 5.32 Å². The summed E-state index contributed by atoms with van der Waals surface area (Å²) in [5.41, 5.74) is 0.736. The van der Waals surface area contributed by atoms with Gasteiger partial charge >= 0.3 is 0 Å². The van der Waals surface area contributed by atoms with E-state index in [4.69, 9.17) is 0 Å². The van der Waals surface area contributed by atoms with Crippen LogP contribution in [0.25, 0.3) is 22.0 Å². The molecule has 0 aliphatic rings. The fourth-order valence-electron chi connectivity index (χ4n) is 3.13. The van der Waals surface area contributed by atoms with E-state index in [1.165, 1.54) is 24.3 Å². The highest BCUT2D eigenvalue weighted by Gasteiger charge is 2.16. The molecule has 8 heteroatoms. The van der Waals surface area contributed by atoms with Crippen LogP contribution in [0.1, 0.15) is 0 Å². The third kappa shape index (κ3) is 3.93. The highest BCUT2D eigenvalue weighted by molar-refractivity contribution is 5.93. The van der Waals surface area contributed by atoms with E-state index < -0.39 is 16.4 Å². The Kier molecular flexibility index (Phi) is 5.04. The summed E-state index contributed by atoms with van der Waals surface area (Å²) < 4.78 is 1.04. The number of anilines is 1. The smallest absolute Gasteiger partial charge is 0.292 e. The maximum absolute atomic E-state index is 12.4. The number of amides is 1. The van der Waals surface area contributed by atoms with Crippen molar-refractivity contribution < 1.29 is 9.72 Å². The zero-order chi connectivity index (χ0) is 21.1. The van der Waals surface area contributed by atoms with Gasteiger partial charge in [-0.05, 0) is 29.0 Å². The average molecular weight is 400 g/mol. The third-order valence-corrected chi connectivity index (χ3v) is 4.58. The molecular weight excluding hydrogens is 384 g/mol. The molecule has 8 nitrogen and oxygen atoms in total. The van der Waals surface area contributed by atoms with E-state index in [1.807, 2.05) is 42.5 Å². The summed E-state index contributed by atoms with van der Waals surface area (Å²) in [5.74, 6) is -0.588. The third-order valence-electron chi connectivity index (χ3n) is 4.58. The van der Waals surface area contributed by atoms with E-state index in [0.29, 0.717) is 5.69 Å². The van der Waals surface area contributed by atoms with Crippen molar-refractivity contribution in [1.82, 2.24) is 9.78 Å². The fraction of sp³-hybridized carbons (Fsp3) is 0.0455. The van der Waals surface area contributed by atoms with Crippen LogP contribution in [0.5, 0.6) is 0 Å². The minimum atomic E-state index is -0.588. The molecule has 148 valence electrons. The van der Waals surface area contributed by atoms with Gasteiger partial charge in [-0.25, -0.2) is 4.68 Å². The van der Waals surface area contributed by atoms with Crippen LogP contribution in [0.2, 0.25) is 0 Å². The number of benzene rings is 3. The van der Waals surface area contributed by atoms with Gasteiger partial charge in [-0.3, -0.25) is 19.7 Å². The second-order valence-corrected chi connectivity index (χ2v) is 6.60. The van der Waals surface area contributed by atoms with Crippen molar-refractivity contribution in [3.8, 4) is 11.3 Å². The van der Waals surface area contributed by atoms with Crippen LogP contribution < -0.4 is 10.9 Å². The number of nitrogens with zero attached hydrogens (tertiary/aromatic N) is 3. The maximum Gasteiger partial charge on any atom is 0.292 e. The Morgan fingerprint density at radius 2 is 1.70 bits per heavy atom. The van der Waals surface area contributed by atoms with Gasteiger partial charge in [0.2, 0.25) is 5.91 Å². The number of carbonyl (C=O) groups excluding carboxylic acids is 1. The largest absolute Gasteiger partial charge is 0.319 e. The Hall–Kier alpha value is -4.33. The topological polar surface area (TPSA) is 107 Å². The molecule has 4 aromatic rings. The minimum absolute atomic E-state index is 0.0613. The summed E-state index contributed by atoms with van der Waals surface area (Å²) in [6.07, 6.45) is 0. The van der Waals surface area contributed by atoms with Crippen LogP contribution in [0.15, 0.2) is 83.7 Å². The Bertz CT molecular complexity index is 1330. The lowest BCUT2D eigenvalue weighted by molar-refractivity contribution is -0.383. The Balaban J connectivity index is 1.60. The predicted octanol–water partition coefficient (Wildman–Crippen LogP) is 3.61. The van der Waals surface area contributed by atoms with Gasteiger partial charge in [-0.15, -0.1) is 0 Å². The van der Waals surface area contributed by atoms with Gasteiger partial charge in [0.1, 0.15) is 12.2 Å². The molecule has 0 fully saturated rings. The number of nitrogens with one attached hydrogen (secondary N) is 1. The number of aromatic nitrogens is 2. The summed E-state index contributed by atoms with van der Waals surface area (Å²) in [5, 5.41) is 20.0. The van der Waals surface area contributed by atoms with Crippen molar-refractivity contribution in [1.29, 1.82) is 0 Å². The Morgan fingerprint density at radius 1 is 0.967 bits per heavy atom. The molecule has 0 aliphatic carbocycles. The van der Waals surface area contributed by atoms with Crippen LogP contribution >= 0.6 is 0 Å². The van der Waals surface area contributed by atoms with Crippen LogP contribution in [0.3, 0.4) is 0 Å². The molecule has 0 aliphatic heterocycles. The number of fused-ring (bicyclic) bond motifs is 1. The molecule has 0 spiro atoms. The molecule has 0 atom stereocenters. The van der Waals surface area contributed by atoms with Crippen molar-refractivity contribution >= 4 is 28.1 Å². The van der Waals surface area contributed by atoms with Crippen LogP contribution in [0.4, 0.5) is 11.4 Å². The average Bonchev–Trinajstić information content (AvgIpc) is 2.75. The Morgan fingerprint density at radius 3 is 2.50 bits per heavy atom. The van der Waals surface area contributed by atoms with Gasteiger partial charge in [-0.1, -0.05) is 48.5 Å². The van der Waals surface area contributed by atoms with Crippen LogP contribution in [0, 0.1) is 10.1 Å². The predicted molar refractivity (Wildman–Crippen MR) is 113 cm³/mol. The minimum Gasteiger partial charge on any atom is -0.319 e. The van der Waals surface area contributed by atoms with Crippen molar-refractivity contribution in [2.45, 2.75) is 6.54 Å². The highest BCUT2D eigenvalue weighted by atomic mass is 16.6. The van der Waals surface area contributed by atoms with Crippen LogP contribution in [-0.2, 0) is 11.3 Å². The number of nitro benzene ring substituents is 1. The Labute approximate surface area is 170 Å². The molecule has 0 unspecified atom stereocenters. The lowest BCUT2D eigenvalue weighted by atomic mass is 10.1. The lowest BCUT2D eigenvalue weighted by Crippen LogP contribution is -2.29. The van der Waals surface area contributed by atoms with Gasteiger partial charge in [0.15, 0.2) is 0 Å². The number of rotatable bonds is 5. The molecule has 0 saturated heterocycles. The lowest BCUT2D eigenvalue weighted by Gasteiger charge is -2.09. The first-order valence-electron chi connectivity index (χ1n) is 9.12. The van der Waals surface area contributed by atoms with E-state index in [1.54, 1.807) is 12.1 Å². The molecule has 0 radical (unpaired) electrons. The first-order valence-corrected chi connectivity index (χ1v) is 9.12. The number of carbonyl (C=O) groups is 1. The van der Waals surface area contributed by atoms with E-state index in [0.717, 1.165) is 21.0 Å². The monoisotopic (exact) mass is 400 g/mol. The summed E-state index contributed by atoms with van der Waals surface area (Å²) in [7, 11) is 0. The first-order chi connectivity index (χ1) is 14.5. The molecule has 30 heavy (non-hydrogen) atoms. The van der Waals surface area contributed by atoms with Gasteiger partial charge in [-0.2, -0.15) is 5.10 Å². The molecule has 1 heterocycles. The van der Waals surface area contributed by atoms with E-state index in [2.05, 4.69) is 10.4 Å². The molecule has 4 rings (SSSR count). The number of para-hydroxylation sites is 2. The summed E-state index contributed by atoms with van der Waals surface area (Å²) >= 11 is 0. The van der Waals surface area contributed by atoms with Crippen molar-refractivity contribution in [2.24, 2.45) is 0 Å². The zero-order valence-electron chi connectivity index (χ0n) is 15.7. The van der Waals surface area contributed by atoms with E-state index in [-0.39, 0.29) is 17.9 Å². The first kappa shape index (κ1) is 19.0. The summed E-state index contributed by atoms with van der Waals surface area (Å²) in [6, 6.07) is 22.4. The second kappa shape index (κ2) is 7.96. The quantitative estimate of drug-likeness (QED) is 0.407. The van der Waals surface area contributed by atoms with Crippen molar-refractivity contribution in [3.05, 3.63) is 99.3 Å². The van der Waals surface area contributed by atoms with Gasteiger partial charge in [0, 0.05) is 17.7 Å². The molecule has 0 bridgehead atoms. The molecular formula is C22H16N4O4. The van der Waals surface area contributed by atoms with E-state index in [9.17, 15) is 19.7 Å². The number of hydrogen-bond acceptors (Lipinski definition) is 5. The zero-order valence-corrected chi connectivity index (χ0v) is 15.7. The number of hydrogen-bond donors (Lipinski definition) is 1.